The first-order valence-electron chi connectivity index (χ1n) is 9.99. The van der Waals surface area contributed by atoms with E-state index in [4.69, 9.17) is 16.6 Å². The van der Waals surface area contributed by atoms with Gasteiger partial charge in [0.2, 0.25) is 0 Å². The van der Waals surface area contributed by atoms with Gasteiger partial charge in [0, 0.05) is 21.1 Å². The number of benzene rings is 3. The highest BCUT2D eigenvalue weighted by Crippen LogP contribution is 2.33. The van der Waals surface area contributed by atoms with Gasteiger partial charge in [0.15, 0.2) is 0 Å². The number of rotatable bonds is 3. The minimum Gasteiger partial charge on any atom is -0.322 e. The van der Waals surface area contributed by atoms with E-state index in [0.717, 1.165) is 43.3 Å². The Hall–Kier alpha value is -2.69. The Kier molecular flexibility index (Phi) is 5.87. The van der Waals surface area contributed by atoms with Gasteiger partial charge in [0.25, 0.3) is 5.91 Å². The number of amides is 1. The van der Waals surface area contributed by atoms with Crippen molar-refractivity contribution in [2.24, 2.45) is 0 Å². The fourth-order valence-corrected chi connectivity index (χ4v) is 4.29. The molecular weight excluding hydrogens is 472 g/mol. The van der Waals surface area contributed by atoms with Gasteiger partial charge >= 0.3 is 0 Å². The number of aryl methyl sites for hydroxylation is 3. The van der Waals surface area contributed by atoms with Crippen molar-refractivity contribution in [3.63, 3.8) is 0 Å². The quantitative estimate of drug-likeness (QED) is 0.316. The summed E-state index contributed by atoms with van der Waals surface area (Å²) in [5.41, 5.74) is 8.09. The van der Waals surface area contributed by atoms with Crippen LogP contribution in [-0.2, 0) is 0 Å². The number of pyridine rings is 1. The average Bonchev–Trinajstić information content (AvgIpc) is 2.71. The van der Waals surface area contributed by atoms with Crippen LogP contribution in [0.5, 0.6) is 0 Å². The molecule has 156 valence electrons. The van der Waals surface area contributed by atoms with Gasteiger partial charge in [-0.25, -0.2) is 4.98 Å². The molecular formula is C26H22BrClN2O. The highest BCUT2D eigenvalue weighted by Gasteiger charge is 2.20. The molecule has 1 amide bonds. The molecule has 4 aromatic rings. The molecule has 0 radical (unpaired) electrons. The van der Waals surface area contributed by atoms with E-state index in [2.05, 4.69) is 58.5 Å². The van der Waals surface area contributed by atoms with Crippen molar-refractivity contribution in [3.05, 3.63) is 91.9 Å². The maximum Gasteiger partial charge on any atom is 0.256 e. The molecule has 0 atom stereocenters. The fraction of sp³-hybridized carbons (Fsp3) is 0.154. The van der Waals surface area contributed by atoms with E-state index in [1.165, 1.54) is 5.56 Å². The van der Waals surface area contributed by atoms with Gasteiger partial charge in [-0.1, -0.05) is 53.1 Å². The van der Waals surface area contributed by atoms with Gasteiger partial charge in [-0.3, -0.25) is 4.79 Å². The summed E-state index contributed by atoms with van der Waals surface area (Å²) in [5, 5.41) is 4.41. The van der Waals surface area contributed by atoms with Crippen LogP contribution in [0.4, 0.5) is 5.69 Å². The Morgan fingerprint density at radius 3 is 2.32 bits per heavy atom. The average molecular weight is 494 g/mol. The number of anilines is 1. The summed E-state index contributed by atoms with van der Waals surface area (Å²) in [6, 6.07) is 17.7. The third-order valence-corrected chi connectivity index (χ3v) is 6.63. The van der Waals surface area contributed by atoms with Gasteiger partial charge in [0.1, 0.15) is 0 Å². The zero-order chi connectivity index (χ0) is 22.3. The van der Waals surface area contributed by atoms with Crippen LogP contribution in [0.1, 0.15) is 32.6 Å². The molecule has 0 saturated carbocycles. The summed E-state index contributed by atoms with van der Waals surface area (Å²) >= 11 is 9.61. The number of carbonyl (C=O) groups is 1. The number of nitrogens with zero attached hydrogens (tertiary/aromatic N) is 1. The van der Waals surface area contributed by atoms with Crippen LogP contribution in [0.15, 0.2) is 59.1 Å². The van der Waals surface area contributed by atoms with E-state index in [9.17, 15) is 4.79 Å². The molecule has 1 aromatic heterocycles. The number of hydrogen-bond acceptors (Lipinski definition) is 2. The van der Waals surface area contributed by atoms with E-state index in [1.54, 1.807) is 6.07 Å². The standard InChI is InChI=1S/C26H22BrClN2O/c1-14-5-7-18(8-6-14)25-17(4)23(20-12-15(2)11-16(3)24(20)30-25)26(31)29-19-9-10-21(27)22(28)13-19/h5-13H,1-4H3,(H,29,31). The lowest BCUT2D eigenvalue weighted by Crippen LogP contribution is -2.15. The molecule has 0 aliphatic heterocycles. The molecule has 0 saturated heterocycles. The van der Waals surface area contributed by atoms with Crippen LogP contribution in [0, 0.1) is 27.7 Å². The van der Waals surface area contributed by atoms with Crippen LogP contribution in [0.2, 0.25) is 5.02 Å². The lowest BCUT2D eigenvalue weighted by Gasteiger charge is -2.17. The maximum absolute atomic E-state index is 13.5. The number of nitrogens with one attached hydrogen (secondary N) is 1. The minimum absolute atomic E-state index is 0.179. The third-order valence-electron chi connectivity index (χ3n) is 5.40. The fourth-order valence-electron chi connectivity index (χ4n) is 3.87. The van der Waals surface area contributed by atoms with Crippen LogP contribution in [0.3, 0.4) is 0 Å². The molecule has 4 rings (SSSR count). The van der Waals surface area contributed by atoms with Crippen LogP contribution >= 0.6 is 27.5 Å². The van der Waals surface area contributed by atoms with Gasteiger partial charge in [-0.05, 0) is 79.0 Å². The zero-order valence-corrected chi connectivity index (χ0v) is 20.1. The summed E-state index contributed by atoms with van der Waals surface area (Å²) in [7, 11) is 0. The van der Waals surface area contributed by atoms with Crippen molar-refractivity contribution >= 4 is 50.0 Å². The molecule has 31 heavy (non-hydrogen) atoms. The van der Waals surface area contributed by atoms with Crippen molar-refractivity contribution in [1.82, 2.24) is 4.98 Å². The highest BCUT2D eigenvalue weighted by molar-refractivity contribution is 9.10. The second-order valence-corrected chi connectivity index (χ2v) is 9.15. The van der Waals surface area contributed by atoms with E-state index in [-0.39, 0.29) is 5.91 Å². The second kappa shape index (κ2) is 8.45. The molecule has 0 fully saturated rings. The van der Waals surface area contributed by atoms with Crippen LogP contribution in [0.25, 0.3) is 22.2 Å². The summed E-state index contributed by atoms with van der Waals surface area (Å²) in [5.74, 6) is -0.179. The largest absolute Gasteiger partial charge is 0.322 e. The molecule has 3 aromatic carbocycles. The molecule has 0 spiro atoms. The van der Waals surface area contributed by atoms with E-state index < -0.39 is 0 Å². The summed E-state index contributed by atoms with van der Waals surface area (Å²) in [4.78, 5) is 18.5. The van der Waals surface area contributed by atoms with Crippen molar-refractivity contribution in [1.29, 1.82) is 0 Å². The Balaban J connectivity index is 1.93. The molecule has 0 aliphatic carbocycles. The first-order chi connectivity index (χ1) is 14.7. The van der Waals surface area contributed by atoms with Crippen LogP contribution in [-0.4, -0.2) is 10.9 Å². The Bertz CT molecular complexity index is 1330. The highest BCUT2D eigenvalue weighted by atomic mass is 79.9. The van der Waals surface area contributed by atoms with Crippen molar-refractivity contribution in [2.75, 3.05) is 5.32 Å². The molecule has 1 heterocycles. The van der Waals surface area contributed by atoms with Crippen molar-refractivity contribution in [3.8, 4) is 11.3 Å². The van der Waals surface area contributed by atoms with E-state index in [1.807, 2.05) is 39.0 Å². The Morgan fingerprint density at radius 1 is 0.935 bits per heavy atom. The second-order valence-electron chi connectivity index (χ2n) is 7.89. The zero-order valence-electron chi connectivity index (χ0n) is 17.8. The summed E-state index contributed by atoms with van der Waals surface area (Å²) in [6.45, 7) is 8.08. The van der Waals surface area contributed by atoms with Gasteiger partial charge in [-0.15, -0.1) is 0 Å². The molecule has 1 N–H and O–H groups in total. The third kappa shape index (κ3) is 4.23. The monoisotopic (exact) mass is 492 g/mol. The predicted molar refractivity (Wildman–Crippen MR) is 133 cm³/mol. The van der Waals surface area contributed by atoms with E-state index >= 15 is 0 Å². The molecule has 0 aliphatic rings. The molecule has 3 nitrogen and oxygen atoms in total. The van der Waals surface area contributed by atoms with Gasteiger partial charge < -0.3 is 5.32 Å². The van der Waals surface area contributed by atoms with Crippen molar-refractivity contribution in [2.45, 2.75) is 27.7 Å². The number of carbonyl (C=O) groups excluding carboxylic acids is 1. The molecule has 0 unspecified atom stereocenters. The first kappa shape index (κ1) is 21.5. The van der Waals surface area contributed by atoms with Crippen LogP contribution < -0.4 is 5.32 Å². The summed E-state index contributed by atoms with van der Waals surface area (Å²) < 4.78 is 0.783. The lowest BCUT2D eigenvalue weighted by atomic mass is 9.94. The summed E-state index contributed by atoms with van der Waals surface area (Å²) in [6.07, 6.45) is 0. The van der Waals surface area contributed by atoms with Gasteiger partial charge in [-0.2, -0.15) is 0 Å². The minimum atomic E-state index is -0.179. The lowest BCUT2D eigenvalue weighted by molar-refractivity contribution is 0.102. The topological polar surface area (TPSA) is 42.0 Å². The predicted octanol–water partition coefficient (Wildman–Crippen LogP) is 7.80. The number of aromatic nitrogens is 1. The Morgan fingerprint density at radius 2 is 1.65 bits per heavy atom. The molecule has 5 heteroatoms. The SMILES string of the molecule is Cc1ccc(-c2nc3c(C)cc(C)cc3c(C(=O)Nc3ccc(Br)c(Cl)c3)c2C)cc1. The normalized spacial score (nSPS) is 11.0. The number of hydrogen-bond donors (Lipinski definition) is 1. The Labute approximate surface area is 195 Å². The first-order valence-corrected chi connectivity index (χ1v) is 11.2. The van der Waals surface area contributed by atoms with Crippen molar-refractivity contribution < 1.29 is 4.79 Å². The smallest absolute Gasteiger partial charge is 0.256 e. The number of halogens is 2. The molecule has 0 bridgehead atoms. The van der Waals surface area contributed by atoms with E-state index in [0.29, 0.717) is 16.3 Å². The number of fused-ring (bicyclic) bond motifs is 1. The van der Waals surface area contributed by atoms with Gasteiger partial charge in [0.05, 0.1) is 21.8 Å². The maximum atomic E-state index is 13.5.